The Kier molecular flexibility index (Phi) is 4.95. The number of carbonyl (C=O) groups is 1. The van der Waals surface area contributed by atoms with Crippen LogP contribution in [0.2, 0.25) is 0 Å². The van der Waals surface area contributed by atoms with Crippen molar-refractivity contribution in [2.45, 2.75) is 19.6 Å². The Morgan fingerprint density at radius 1 is 1.19 bits per heavy atom. The van der Waals surface area contributed by atoms with Gasteiger partial charge in [0.25, 0.3) is 5.91 Å². The molecule has 0 fully saturated rings. The summed E-state index contributed by atoms with van der Waals surface area (Å²) < 4.78 is 0. The smallest absolute Gasteiger partial charge is 0.251 e. The van der Waals surface area contributed by atoms with Gasteiger partial charge in [0.05, 0.1) is 6.61 Å². The minimum atomic E-state index is -0.103. The lowest BCUT2D eigenvalue weighted by Gasteiger charge is -2.17. The lowest BCUT2D eigenvalue weighted by molar-refractivity contribution is 0.0963. The second-order valence-corrected chi connectivity index (χ2v) is 4.93. The zero-order valence-electron chi connectivity index (χ0n) is 12.3. The molecule has 4 heteroatoms. The summed E-state index contributed by atoms with van der Waals surface area (Å²) in [4.78, 5) is 11.6. The summed E-state index contributed by atoms with van der Waals surface area (Å²) in [5.41, 5.74) is 3.49. The number of aliphatic hydroxyl groups is 1. The number of nitrogens with one attached hydrogen (secondary N) is 2. The third-order valence-electron chi connectivity index (χ3n) is 3.37. The molecule has 0 saturated carbocycles. The van der Waals surface area contributed by atoms with Gasteiger partial charge in [0.2, 0.25) is 0 Å². The molecule has 21 heavy (non-hydrogen) atoms. The molecule has 0 aliphatic carbocycles. The van der Waals surface area contributed by atoms with Crippen LogP contribution < -0.4 is 10.6 Å². The summed E-state index contributed by atoms with van der Waals surface area (Å²) in [6.07, 6.45) is 0. The Balaban J connectivity index is 2.15. The fraction of sp³-hybridized carbons (Fsp3) is 0.235. The van der Waals surface area contributed by atoms with Gasteiger partial charge in [-0.1, -0.05) is 30.3 Å². The fourth-order valence-corrected chi connectivity index (χ4v) is 2.19. The van der Waals surface area contributed by atoms with E-state index in [0.717, 1.165) is 16.8 Å². The van der Waals surface area contributed by atoms with Crippen LogP contribution in [0.1, 0.15) is 34.5 Å². The normalized spacial score (nSPS) is 11.8. The second kappa shape index (κ2) is 6.90. The first kappa shape index (κ1) is 15.1. The van der Waals surface area contributed by atoms with Crippen LogP contribution in [-0.2, 0) is 6.61 Å². The van der Waals surface area contributed by atoms with E-state index in [9.17, 15) is 9.90 Å². The van der Waals surface area contributed by atoms with Gasteiger partial charge in [0.1, 0.15) is 0 Å². The van der Waals surface area contributed by atoms with Gasteiger partial charge in [0.15, 0.2) is 0 Å². The van der Waals surface area contributed by atoms with Crippen molar-refractivity contribution in [1.29, 1.82) is 0 Å². The van der Waals surface area contributed by atoms with Crippen LogP contribution in [0.5, 0.6) is 0 Å². The Morgan fingerprint density at radius 2 is 1.95 bits per heavy atom. The van der Waals surface area contributed by atoms with E-state index in [0.29, 0.717) is 5.56 Å². The summed E-state index contributed by atoms with van der Waals surface area (Å²) in [6, 6.07) is 15.3. The van der Waals surface area contributed by atoms with E-state index in [2.05, 4.69) is 10.6 Å². The number of benzene rings is 2. The second-order valence-electron chi connectivity index (χ2n) is 4.93. The molecule has 0 aliphatic heterocycles. The lowest BCUT2D eigenvalue weighted by Crippen LogP contribution is -2.18. The number of aliphatic hydroxyl groups excluding tert-OH is 1. The van der Waals surface area contributed by atoms with E-state index < -0.39 is 0 Å². The van der Waals surface area contributed by atoms with Crippen molar-refractivity contribution in [3.63, 3.8) is 0 Å². The molecule has 1 atom stereocenters. The Hall–Kier alpha value is -2.33. The molecule has 2 aromatic carbocycles. The van der Waals surface area contributed by atoms with Crippen LogP contribution in [0, 0.1) is 0 Å². The standard InChI is InChI=1S/C17H20N2O2/c1-12(14-6-3-5-13(9-14)11-20)19-16-8-4-7-15(10-16)17(21)18-2/h3-10,12,19-20H,11H2,1-2H3,(H,18,21). The molecule has 0 radical (unpaired) electrons. The SMILES string of the molecule is CNC(=O)c1cccc(NC(C)c2cccc(CO)c2)c1. The molecular weight excluding hydrogens is 264 g/mol. The zero-order valence-corrected chi connectivity index (χ0v) is 12.3. The first-order valence-corrected chi connectivity index (χ1v) is 6.92. The third-order valence-corrected chi connectivity index (χ3v) is 3.37. The van der Waals surface area contributed by atoms with Crippen molar-refractivity contribution in [1.82, 2.24) is 5.32 Å². The quantitative estimate of drug-likeness (QED) is 0.791. The van der Waals surface area contributed by atoms with Gasteiger partial charge in [-0.05, 0) is 36.2 Å². The zero-order chi connectivity index (χ0) is 15.2. The number of amides is 1. The molecule has 2 aromatic rings. The average molecular weight is 284 g/mol. The molecule has 110 valence electrons. The average Bonchev–Trinajstić information content (AvgIpc) is 2.54. The number of hydrogen-bond donors (Lipinski definition) is 3. The number of hydrogen-bond acceptors (Lipinski definition) is 3. The number of carbonyl (C=O) groups excluding carboxylic acids is 1. The molecule has 3 N–H and O–H groups in total. The predicted octanol–water partition coefficient (Wildman–Crippen LogP) is 2.71. The van der Waals surface area contributed by atoms with Crippen molar-refractivity contribution < 1.29 is 9.90 Å². The summed E-state index contributed by atoms with van der Waals surface area (Å²) in [5.74, 6) is -0.103. The highest BCUT2D eigenvalue weighted by Gasteiger charge is 2.08. The van der Waals surface area contributed by atoms with Crippen LogP contribution in [0.3, 0.4) is 0 Å². The summed E-state index contributed by atoms with van der Waals surface area (Å²) >= 11 is 0. The summed E-state index contributed by atoms with van der Waals surface area (Å²) in [5, 5.41) is 15.2. The van der Waals surface area contributed by atoms with E-state index >= 15 is 0 Å². The largest absolute Gasteiger partial charge is 0.392 e. The van der Waals surface area contributed by atoms with E-state index in [4.69, 9.17) is 0 Å². The van der Waals surface area contributed by atoms with Gasteiger partial charge in [-0.25, -0.2) is 0 Å². The van der Waals surface area contributed by atoms with Crippen molar-refractivity contribution in [3.05, 3.63) is 65.2 Å². The van der Waals surface area contributed by atoms with Crippen LogP contribution in [0.4, 0.5) is 5.69 Å². The predicted molar refractivity (Wildman–Crippen MR) is 84.2 cm³/mol. The fourth-order valence-electron chi connectivity index (χ4n) is 2.19. The minimum absolute atomic E-state index is 0.0344. The molecule has 4 nitrogen and oxygen atoms in total. The Bertz CT molecular complexity index is 626. The highest BCUT2D eigenvalue weighted by Crippen LogP contribution is 2.21. The van der Waals surface area contributed by atoms with Gasteiger partial charge < -0.3 is 15.7 Å². The molecule has 0 spiro atoms. The van der Waals surface area contributed by atoms with E-state index in [1.54, 1.807) is 13.1 Å². The maximum atomic E-state index is 11.6. The maximum Gasteiger partial charge on any atom is 0.251 e. The molecule has 0 saturated heterocycles. The molecule has 0 aromatic heterocycles. The Labute approximate surface area is 124 Å². The number of rotatable bonds is 5. The molecular formula is C17H20N2O2. The molecule has 0 aliphatic rings. The maximum absolute atomic E-state index is 11.6. The highest BCUT2D eigenvalue weighted by molar-refractivity contribution is 5.94. The molecule has 1 unspecified atom stereocenters. The lowest BCUT2D eigenvalue weighted by atomic mass is 10.0. The van der Waals surface area contributed by atoms with Gasteiger partial charge in [-0.15, -0.1) is 0 Å². The monoisotopic (exact) mass is 284 g/mol. The third kappa shape index (κ3) is 3.83. The first-order chi connectivity index (χ1) is 10.1. The van der Waals surface area contributed by atoms with Crippen LogP contribution in [-0.4, -0.2) is 18.1 Å². The van der Waals surface area contributed by atoms with E-state index in [-0.39, 0.29) is 18.6 Å². The Morgan fingerprint density at radius 3 is 2.67 bits per heavy atom. The first-order valence-electron chi connectivity index (χ1n) is 6.92. The van der Waals surface area contributed by atoms with Crippen LogP contribution >= 0.6 is 0 Å². The summed E-state index contributed by atoms with van der Waals surface area (Å²) in [7, 11) is 1.62. The molecule has 0 heterocycles. The van der Waals surface area contributed by atoms with Crippen LogP contribution in [0.25, 0.3) is 0 Å². The highest BCUT2D eigenvalue weighted by atomic mass is 16.3. The van der Waals surface area contributed by atoms with E-state index in [1.165, 1.54) is 0 Å². The number of anilines is 1. The van der Waals surface area contributed by atoms with Crippen molar-refractivity contribution in [3.8, 4) is 0 Å². The van der Waals surface area contributed by atoms with Gasteiger partial charge in [0, 0.05) is 24.3 Å². The summed E-state index contributed by atoms with van der Waals surface area (Å²) in [6.45, 7) is 2.08. The van der Waals surface area contributed by atoms with Gasteiger partial charge >= 0.3 is 0 Å². The van der Waals surface area contributed by atoms with Crippen molar-refractivity contribution in [2.24, 2.45) is 0 Å². The molecule has 1 amide bonds. The molecule has 2 rings (SSSR count). The molecule has 0 bridgehead atoms. The van der Waals surface area contributed by atoms with Crippen molar-refractivity contribution in [2.75, 3.05) is 12.4 Å². The van der Waals surface area contributed by atoms with Gasteiger partial charge in [-0.2, -0.15) is 0 Å². The minimum Gasteiger partial charge on any atom is -0.392 e. The van der Waals surface area contributed by atoms with E-state index in [1.807, 2.05) is 49.4 Å². The van der Waals surface area contributed by atoms with Gasteiger partial charge in [-0.3, -0.25) is 4.79 Å². The van der Waals surface area contributed by atoms with Crippen molar-refractivity contribution >= 4 is 11.6 Å². The van der Waals surface area contributed by atoms with Crippen LogP contribution in [0.15, 0.2) is 48.5 Å². The topological polar surface area (TPSA) is 61.4 Å².